The summed E-state index contributed by atoms with van der Waals surface area (Å²) in [6.45, 7) is 1.35. The van der Waals surface area contributed by atoms with Crippen LogP contribution in [0.15, 0.2) is 72.8 Å². The van der Waals surface area contributed by atoms with Crippen molar-refractivity contribution in [1.82, 2.24) is 0 Å². The number of ether oxygens (including phenoxy) is 4. The van der Waals surface area contributed by atoms with Crippen LogP contribution in [0.3, 0.4) is 0 Å². The van der Waals surface area contributed by atoms with E-state index in [4.69, 9.17) is 18.9 Å². The SMILES string of the molecule is CC(OC(=O)COc1ccccc1Cc1ccccc1)C(=O)Nc1ccc2c(c1)OCO2. The maximum atomic E-state index is 12.4. The molecule has 0 bridgehead atoms. The van der Waals surface area contributed by atoms with Crippen LogP contribution in [0.5, 0.6) is 17.2 Å². The summed E-state index contributed by atoms with van der Waals surface area (Å²) < 4.78 is 21.4. The van der Waals surface area contributed by atoms with Crippen molar-refractivity contribution in [2.45, 2.75) is 19.4 Å². The van der Waals surface area contributed by atoms with E-state index in [0.29, 0.717) is 29.4 Å². The predicted octanol–water partition coefficient (Wildman–Crippen LogP) is 3.96. The first-order chi connectivity index (χ1) is 15.6. The number of hydrogen-bond donors (Lipinski definition) is 1. The maximum Gasteiger partial charge on any atom is 0.344 e. The molecule has 0 radical (unpaired) electrons. The van der Waals surface area contributed by atoms with Gasteiger partial charge in [-0.2, -0.15) is 0 Å². The predicted molar refractivity (Wildman–Crippen MR) is 118 cm³/mol. The van der Waals surface area contributed by atoms with Gasteiger partial charge in [0.1, 0.15) is 5.75 Å². The molecular formula is C25H23NO6. The molecular weight excluding hydrogens is 410 g/mol. The van der Waals surface area contributed by atoms with Crippen LogP contribution >= 0.6 is 0 Å². The van der Waals surface area contributed by atoms with Gasteiger partial charge >= 0.3 is 5.97 Å². The summed E-state index contributed by atoms with van der Waals surface area (Å²) in [4.78, 5) is 24.6. The summed E-state index contributed by atoms with van der Waals surface area (Å²) in [5.74, 6) is 0.683. The molecule has 1 aliphatic heterocycles. The molecule has 3 aromatic carbocycles. The van der Waals surface area contributed by atoms with Gasteiger partial charge in [0.05, 0.1) is 0 Å². The second-order valence-corrected chi connectivity index (χ2v) is 7.25. The Morgan fingerprint density at radius 1 is 0.969 bits per heavy atom. The van der Waals surface area contributed by atoms with Crippen LogP contribution in [-0.2, 0) is 20.7 Å². The zero-order valence-corrected chi connectivity index (χ0v) is 17.6. The molecule has 1 heterocycles. The number of nitrogens with one attached hydrogen (secondary N) is 1. The first kappa shape index (κ1) is 21.2. The van der Waals surface area contributed by atoms with E-state index in [-0.39, 0.29) is 13.4 Å². The lowest BCUT2D eigenvalue weighted by Gasteiger charge is -2.15. The van der Waals surface area contributed by atoms with Gasteiger partial charge in [-0.1, -0.05) is 48.5 Å². The Balaban J connectivity index is 1.29. The van der Waals surface area contributed by atoms with Crippen molar-refractivity contribution in [3.63, 3.8) is 0 Å². The van der Waals surface area contributed by atoms with Crippen molar-refractivity contribution in [2.24, 2.45) is 0 Å². The van der Waals surface area contributed by atoms with Crippen LogP contribution in [0.25, 0.3) is 0 Å². The summed E-state index contributed by atoms with van der Waals surface area (Å²) in [5.41, 5.74) is 2.62. The van der Waals surface area contributed by atoms with Crippen molar-refractivity contribution in [3.05, 3.63) is 83.9 Å². The van der Waals surface area contributed by atoms with E-state index in [0.717, 1.165) is 11.1 Å². The fourth-order valence-electron chi connectivity index (χ4n) is 3.25. The molecule has 0 saturated heterocycles. The number of amides is 1. The Bertz CT molecular complexity index is 1100. The van der Waals surface area contributed by atoms with Crippen molar-refractivity contribution >= 4 is 17.6 Å². The fraction of sp³-hybridized carbons (Fsp3) is 0.200. The highest BCUT2D eigenvalue weighted by Gasteiger charge is 2.20. The molecule has 7 nitrogen and oxygen atoms in total. The average molecular weight is 433 g/mol. The van der Waals surface area contributed by atoms with Crippen molar-refractivity contribution in [3.8, 4) is 17.2 Å². The number of benzene rings is 3. The minimum atomic E-state index is -0.990. The molecule has 0 saturated carbocycles. The second-order valence-electron chi connectivity index (χ2n) is 7.25. The smallest absolute Gasteiger partial charge is 0.344 e. The summed E-state index contributed by atoms with van der Waals surface area (Å²) in [6, 6.07) is 22.6. The molecule has 1 N–H and O–H groups in total. The summed E-state index contributed by atoms with van der Waals surface area (Å²) in [7, 11) is 0. The van der Waals surface area contributed by atoms with E-state index in [1.165, 1.54) is 6.92 Å². The zero-order valence-electron chi connectivity index (χ0n) is 17.6. The van der Waals surface area contributed by atoms with Gasteiger partial charge in [-0.15, -0.1) is 0 Å². The zero-order chi connectivity index (χ0) is 22.3. The Kier molecular flexibility index (Phi) is 6.55. The van der Waals surface area contributed by atoms with Gasteiger partial charge in [-0.3, -0.25) is 4.79 Å². The van der Waals surface area contributed by atoms with E-state index >= 15 is 0 Å². The summed E-state index contributed by atoms with van der Waals surface area (Å²) in [6.07, 6.45) is -0.309. The first-order valence-corrected chi connectivity index (χ1v) is 10.2. The number of carbonyl (C=O) groups is 2. The minimum Gasteiger partial charge on any atom is -0.482 e. The van der Waals surface area contributed by atoms with Crippen LogP contribution in [0, 0.1) is 0 Å². The molecule has 0 aromatic heterocycles. The second kappa shape index (κ2) is 9.87. The Hall–Kier alpha value is -4.00. The Morgan fingerprint density at radius 2 is 1.72 bits per heavy atom. The molecule has 0 aliphatic carbocycles. The van der Waals surface area contributed by atoms with Crippen molar-refractivity contribution in [2.75, 3.05) is 18.7 Å². The molecule has 0 spiro atoms. The maximum absolute atomic E-state index is 12.4. The number of anilines is 1. The number of esters is 1. The number of para-hydroxylation sites is 1. The van der Waals surface area contributed by atoms with Crippen molar-refractivity contribution < 1.29 is 28.5 Å². The lowest BCUT2D eigenvalue weighted by Crippen LogP contribution is -2.31. The van der Waals surface area contributed by atoms with Gasteiger partial charge in [0.2, 0.25) is 6.79 Å². The molecule has 32 heavy (non-hydrogen) atoms. The highest BCUT2D eigenvalue weighted by molar-refractivity contribution is 5.95. The fourth-order valence-corrected chi connectivity index (χ4v) is 3.25. The van der Waals surface area contributed by atoms with Crippen molar-refractivity contribution in [1.29, 1.82) is 0 Å². The lowest BCUT2D eigenvalue weighted by molar-refractivity contribution is -0.155. The largest absolute Gasteiger partial charge is 0.482 e. The minimum absolute atomic E-state index is 0.148. The van der Waals surface area contributed by atoms with Gasteiger partial charge in [0, 0.05) is 18.2 Å². The van der Waals surface area contributed by atoms with Gasteiger partial charge in [-0.25, -0.2) is 4.79 Å². The van der Waals surface area contributed by atoms with E-state index in [1.54, 1.807) is 24.3 Å². The molecule has 1 unspecified atom stereocenters. The number of hydrogen-bond acceptors (Lipinski definition) is 6. The van der Waals surface area contributed by atoms with Gasteiger partial charge in [-0.05, 0) is 36.2 Å². The van der Waals surface area contributed by atoms with Crippen LogP contribution in [0.2, 0.25) is 0 Å². The summed E-state index contributed by atoms with van der Waals surface area (Å²) >= 11 is 0. The molecule has 164 valence electrons. The molecule has 0 fully saturated rings. The average Bonchev–Trinajstić information content (AvgIpc) is 3.27. The first-order valence-electron chi connectivity index (χ1n) is 10.2. The molecule has 1 aliphatic rings. The van der Waals surface area contributed by atoms with E-state index < -0.39 is 18.0 Å². The van der Waals surface area contributed by atoms with Gasteiger partial charge in [0.25, 0.3) is 5.91 Å². The summed E-state index contributed by atoms with van der Waals surface area (Å²) in [5, 5.41) is 2.69. The third kappa shape index (κ3) is 5.37. The highest BCUT2D eigenvalue weighted by Crippen LogP contribution is 2.34. The Morgan fingerprint density at radius 3 is 2.56 bits per heavy atom. The van der Waals surface area contributed by atoms with Crippen LogP contribution < -0.4 is 19.5 Å². The molecule has 3 aromatic rings. The quantitative estimate of drug-likeness (QED) is 0.542. The van der Waals surface area contributed by atoms with Crippen LogP contribution in [-0.4, -0.2) is 31.4 Å². The van der Waals surface area contributed by atoms with Crippen LogP contribution in [0.1, 0.15) is 18.1 Å². The normalized spacial score (nSPS) is 12.7. The van der Waals surface area contributed by atoms with Gasteiger partial charge < -0.3 is 24.3 Å². The number of rotatable bonds is 8. The standard InChI is InChI=1S/C25H23NO6/c1-17(25(28)26-20-11-12-22-23(14-20)31-16-30-22)32-24(27)15-29-21-10-6-5-9-19(21)13-18-7-3-2-4-8-18/h2-12,14,17H,13,15-16H2,1H3,(H,26,28). The third-order valence-electron chi connectivity index (χ3n) is 4.87. The third-order valence-corrected chi connectivity index (χ3v) is 4.87. The topological polar surface area (TPSA) is 83.1 Å². The monoisotopic (exact) mass is 433 g/mol. The molecule has 7 heteroatoms. The van der Waals surface area contributed by atoms with Crippen LogP contribution in [0.4, 0.5) is 5.69 Å². The number of fused-ring (bicyclic) bond motifs is 1. The molecule has 1 atom stereocenters. The highest BCUT2D eigenvalue weighted by atomic mass is 16.7. The molecule has 4 rings (SSSR count). The van der Waals surface area contributed by atoms with E-state index in [2.05, 4.69) is 5.32 Å². The van der Waals surface area contributed by atoms with E-state index in [1.807, 2.05) is 48.5 Å². The van der Waals surface area contributed by atoms with E-state index in [9.17, 15) is 9.59 Å². The molecule has 1 amide bonds. The Labute approximate surface area is 185 Å². The number of carbonyl (C=O) groups excluding carboxylic acids is 2. The lowest BCUT2D eigenvalue weighted by atomic mass is 10.0. The van der Waals surface area contributed by atoms with Gasteiger partial charge in [0.15, 0.2) is 24.2 Å².